The topological polar surface area (TPSA) is 43.3 Å². The molecule has 3 rings (SSSR count). The van der Waals surface area contributed by atoms with Gasteiger partial charge in [0.25, 0.3) is 5.91 Å². The molecule has 1 unspecified atom stereocenters. The van der Waals surface area contributed by atoms with E-state index >= 15 is 0 Å². The highest BCUT2D eigenvalue weighted by Gasteiger charge is 2.19. The largest absolute Gasteiger partial charge is 0.379 e. The maximum absolute atomic E-state index is 12.5. The second-order valence-electron chi connectivity index (χ2n) is 5.13. The molecule has 0 aliphatic carbocycles. The van der Waals surface area contributed by atoms with Crippen LogP contribution in [0.3, 0.4) is 0 Å². The molecule has 2 aromatic rings. The van der Waals surface area contributed by atoms with Gasteiger partial charge in [-0.05, 0) is 65.8 Å². The van der Waals surface area contributed by atoms with Crippen molar-refractivity contribution in [2.45, 2.75) is 18.9 Å². The van der Waals surface area contributed by atoms with E-state index in [1.54, 1.807) is 0 Å². The van der Waals surface area contributed by atoms with Crippen molar-refractivity contribution in [3.63, 3.8) is 0 Å². The van der Waals surface area contributed by atoms with E-state index in [4.69, 9.17) is 4.74 Å². The van der Waals surface area contributed by atoms with E-state index in [2.05, 4.69) is 34.0 Å². The van der Waals surface area contributed by atoms with Crippen LogP contribution < -0.4 is 5.32 Å². The lowest BCUT2D eigenvalue weighted by Gasteiger charge is -2.23. The average Bonchev–Trinajstić information content (AvgIpc) is 2.98. The van der Waals surface area contributed by atoms with E-state index in [1.807, 2.05) is 41.1 Å². The third kappa shape index (κ3) is 3.47. The molecular weight excluding hydrogens is 379 g/mol. The van der Waals surface area contributed by atoms with Gasteiger partial charge >= 0.3 is 0 Å². The summed E-state index contributed by atoms with van der Waals surface area (Å²) in [7, 11) is 0. The first-order valence-electron chi connectivity index (χ1n) is 7.06. The third-order valence-corrected chi connectivity index (χ3v) is 4.23. The van der Waals surface area contributed by atoms with Gasteiger partial charge in [0.05, 0.1) is 12.6 Å². The van der Waals surface area contributed by atoms with Gasteiger partial charge in [-0.25, -0.2) is 0 Å². The zero-order valence-corrected chi connectivity index (χ0v) is 13.7. The molecule has 4 nitrogen and oxygen atoms in total. The molecule has 1 N–H and O–H groups in total. The van der Waals surface area contributed by atoms with Crippen LogP contribution in [0.15, 0.2) is 42.6 Å². The molecule has 21 heavy (non-hydrogen) atoms. The number of rotatable bonds is 3. The number of carbonyl (C=O) groups excluding carboxylic acids is 1. The first kappa shape index (κ1) is 14.6. The summed E-state index contributed by atoms with van der Waals surface area (Å²) in [6.45, 7) is 1.40. The van der Waals surface area contributed by atoms with E-state index in [9.17, 15) is 4.79 Å². The lowest BCUT2D eigenvalue weighted by molar-refractivity contribution is 0.0621. The predicted octanol–water partition coefficient (Wildman–Crippen LogP) is 2.99. The van der Waals surface area contributed by atoms with Gasteiger partial charge in [0.2, 0.25) is 0 Å². The average molecular weight is 396 g/mol. The Morgan fingerprint density at radius 3 is 3.00 bits per heavy atom. The number of aromatic nitrogens is 1. The van der Waals surface area contributed by atoms with E-state index in [0.717, 1.165) is 28.7 Å². The zero-order chi connectivity index (χ0) is 14.7. The van der Waals surface area contributed by atoms with Gasteiger partial charge in [-0.15, -0.1) is 0 Å². The lowest BCUT2D eigenvalue weighted by atomic mass is 10.1. The summed E-state index contributed by atoms with van der Waals surface area (Å²) < 4.78 is 8.47. The Labute approximate surface area is 137 Å². The first-order valence-corrected chi connectivity index (χ1v) is 8.14. The Kier molecular flexibility index (Phi) is 4.60. The molecule has 1 amide bonds. The quantitative estimate of drug-likeness (QED) is 0.811. The molecule has 1 aliphatic rings. The van der Waals surface area contributed by atoms with Crippen LogP contribution in [0, 0.1) is 3.57 Å². The molecule has 1 fully saturated rings. The van der Waals surface area contributed by atoms with Crippen LogP contribution in [0.1, 0.15) is 23.3 Å². The highest BCUT2D eigenvalue weighted by molar-refractivity contribution is 14.1. The number of nitrogens with zero attached hydrogens (tertiary/aromatic N) is 1. The van der Waals surface area contributed by atoms with Crippen molar-refractivity contribution in [1.29, 1.82) is 0 Å². The number of hydrogen-bond acceptors (Lipinski definition) is 2. The van der Waals surface area contributed by atoms with Crippen molar-refractivity contribution in [1.82, 2.24) is 9.88 Å². The lowest BCUT2D eigenvalue weighted by Crippen LogP contribution is -2.41. The Morgan fingerprint density at radius 1 is 1.33 bits per heavy atom. The van der Waals surface area contributed by atoms with Crippen LogP contribution in [0.25, 0.3) is 5.69 Å². The maximum Gasteiger partial charge on any atom is 0.268 e. The summed E-state index contributed by atoms with van der Waals surface area (Å²) in [4.78, 5) is 12.5. The van der Waals surface area contributed by atoms with E-state index < -0.39 is 0 Å². The molecule has 2 heterocycles. The standard InChI is InChI=1S/C16H17IN2O2/c17-12-4-1-6-14(10-12)19-8-2-7-15(19)16(20)18-13-5-3-9-21-11-13/h1-2,4,6-8,10,13H,3,5,9,11H2,(H,18,20). The molecule has 1 aromatic heterocycles. The predicted molar refractivity (Wildman–Crippen MR) is 89.8 cm³/mol. The maximum atomic E-state index is 12.5. The van der Waals surface area contributed by atoms with Crippen molar-refractivity contribution in [3.8, 4) is 5.69 Å². The van der Waals surface area contributed by atoms with Crippen LogP contribution in [0.4, 0.5) is 0 Å². The molecule has 0 saturated carbocycles. The van der Waals surface area contributed by atoms with Gasteiger partial charge in [0, 0.05) is 22.1 Å². The molecule has 5 heteroatoms. The normalized spacial score (nSPS) is 18.4. The summed E-state index contributed by atoms with van der Waals surface area (Å²) in [5, 5.41) is 3.06. The second kappa shape index (κ2) is 6.62. The molecular formula is C16H17IN2O2. The zero-order valence-electron chi connectivity index (χ0n) is 11.6. The monoisotopic (exact) mass is 396 g/mol. The summed E-state index contributed by atoms with van der Waals surface area (Å²) in [6.07, 6.45) is 3.90. The summed E-state index contributed by atoms with van der Waals surface area (Å²) in [5.41, 5.74) is 1.65. The minimum atomic E-state index is -0.0469. The summed E-state index contributed by atoms with van der Waals surface area (Å²) in [6, 6.07) is 11.9. The minimum absolute atomic E-state index is 0.0469. The van der Waals surface area contributed by atoms with Gasteiger partial charge < -0.3 is 14.6 Å². The van der Waals surface area contributed by atoms with Crippen molar-refractivity contribution < 1.29 is 9.53 Å². The highest BCUT2D eigenvalue weighted by Crippen LogP contribution is 2.16. The fourth-order valence-electron chi connectivity index (χ4n) is 2.53. The van der Waals surface area contributed by atoms with Crippen molar-refractivity contribution in [2.24, 2.45) is 0 Å². The number of amides is 1. The van der Waals surface area contributed by atoms with Gasteiger partial charge in [-0.3, -0.25) is 4.79 Å². The fraction of sp³-hybridized carbons (Fsp3) is 0.312. The number of halogens is 1. The van der Waals surface area contributed by atoms with Gasteiger partial charge in [0.15, 0.2) is 0 Å². The van der Waals surface area contributed by atoms with Crippen molar-refractivity contribution >= 4 is 28.5 Å². The van der Waals surface area contributed by atoms with Crippen molar-refractivity contribution in [2.75, 3.05) is 13.2 Å². The van der Waals surface area contributed by atoms with Crippen LogP contribution in [0.5, 0.6) is 0 Å². The van der Waals surface area contributed by atoms with E-state index in [-0.39, 0.29) is 11.9 Å². The molecule has 1 aromatic carbocycles. The molecule has 1 atom stereocenters. The molecule has 0 radical (unpaired) electrons. The SMILES string of the molecule is O=C(NC1CCCOC1)c1cccn1-c1cccc(I)c1. The van der Waals surface area contributed by atoms with Crippen molar-refractivity contribution in [3.05, 3.63) is 51.9 Å². The highest BCUT2D eigenvalue weighted by atomic mass is 127. The number of benzene rings is 1. The molecule has 1 aliphatic heterocycles. The van der Waals surface area contributed by atoms with Gasteiger partial charge in [-0.2, -0.15) is 0 Å². The molecule has 0 spiro atoms. The van der Waals surface area contributed by atoms with Crippen LogP contribution >= 0.6 is 22.6 Å². The van der Waals surface area contributed by atoms with Crippen LogP contribution in [-0.4, -0.2) is 29.7 Å². The number of nitrogens with one attached hydrogen (secondary N) is 1. The molecule has 1 saturated heterocycles. The van der Waals surface area contributed by atoms with Gasteiger partial charge in [-0.1, -0.05) is 6.07 Å². The third-order valence-electron chi connectivity index (χ3n) is 3.56. The van der Waals surface area contributed by atoms with E-state index in [0.29, 0.717) is 12.3 Å². The first-order chi connectivity index (χ1) is 10.2. The smallest absolute Gasteiger partial charge is 0.268 e. The Balaban J connectivity index is 1.79. The number of carbonyl (C=O) groups is 1. The summed E-state index contributed by atoms with van der Waals surface area (Å²) in [5.74, 6) is -0.0469. The van der Waals surface area contributed by atoms with Gasteiger partial charge in [0.1, 0.15) is 5.69 Å². The van der Waals surface area contributed by atoms with Crippen LogP contribution in [0.2, 0.25) is 0 Å². The fourth-order valence-corrected chi connectivity index (χ4v) is 3.06. The van der Waals surface area contributed by atoms with E-state index in [1.165, 1.54) is 0 Å². The molecule has 0 bridgehead atoms. The van der Waals surface area contributed by atoms with Crippen LogP contribution in [-0.2, 0) is 4.74 Å². The Hall–Kier alpha value is -1.34. The summed E-state index contributed by atoms with van der Waals surface area (Å²) >= 11 is 2.27. The Bertz CT molecular complexity index is 633. The second-order valence-corrected chi connectivity index (χ2v) is 6.38. The number of hydrogen-bond donors (Lipinski definition) is 1. The Morgan fingerprint density at radius 2 is 2.24 bits per heavy atom. The molecule has 110 valence electrons. The minimum Gasteiger partial charge on any atom is -0.379 e. The number of ether oxygens (including phenoxy) is 1.